The van der Waals surface area contributed by atoms with E-state index in [1.165, 1.54) is 6.92 Å². The van der Waals surface area contributed by atoms with Crippen molar-refractivity contribution in [3.63, 3.8) is 0 Å². The zero-order valence-electron chi connectivity index (χ0n) is 10.9. The van der Waals surface area contributed by atoms with Crippen molar-refractivity contribution in [1.29, 1.82) is 0 Å². The zero-order chi connectivity index (χ0) is 12.6. The van der Waals surface area contributed by atoms with Gasteiger partial charge in [-0.3, -0.25) is 9.59 Å². The summed E-state index contributed by atoms with van der Waals surface area (Å²) in [6.45, 7) is 7.46. The van der Waals surface area contributed by atoms with Crippen molar-refractivity contribution in [2.45, 2.75) is 46.1 Å². The van der Waals surface area contributed by atoms with Crippen LogP contribution in [0.1, 0.15) is 40.0 Å². The third-order valence-electron chi connectivity index (χ3n) is 2.55. The quantitative estimate of drug-likeness (QED) is 0.502. The van der Waals surface area contributed by atoms with Crippen LogP contribution in [0.15, 0.2) is 0 Å². The normalized spacial score (nSPS) is 10.9. The largest absolute Gasteiger partial charge is 0.356 e. The van der Waals surface area contributed by atoms with Crippen molar-refractivity contribution < 1.29 is 9.59 Å². The van der Waals surface area contributed by atoms with E-state index in [4.69, 9.17) is 0 Å². The van der Waals surface area contributed by atoms with Crippen LogP contribution in [0.4, 0.5) is 0 Å². The Hall–Kier alpha value is -0.900. The van der Waals surface area contributed by atoms with E-state index in [9.17, 15) is 9.59 Å². The Morgan fingerprint density at radius 2 is 1.88 bits per heavy atom. The number of carbonyl (C=O) groups excluding carboxylic acids is 2. The zero-order valence-corrected chi connectivity index (χ0v) is 10.9. The van der Waals surface area contributed by atoms with Crippen LogP contribution in [0.2, 0.25) is 0 Å². The molecular formula is C12H24N2O2. The monoisotopic (exact) mass is 228 g/mol. The van der Waals surface area contributed by atoms with Gasteiger partial charge in [-0.25, -0.2) is 0 Å². The number of hydrogen-bond donors (Lipinski definition) is 1. The highest BCUT2D eigenvalue weighted by molar-refractivity contribution is 5.96. The molecule has 0 aliphatic carbocycles. The molecule has 0 unspecified atom stereocenters. The van der Waals surface area contributed by atoms with Gasteiger partial charge in [0, 0.05) is 12.6 Å². The molecule has 0 bridgehead atoms. The number of nitrogens with one attached hydrogen (secondary N) is 1. The van der Waals surface area contributed by atoms with E-state index in [1.807, 2.05) is 0 Å². The van der Waals surface area contributed by atoms with Gasteiger partial charge in [-0.15, -0.1) is 0 Å². The minimum Gasteiger partial charge on any atom is -0.356 e. The minimum absolute atomic E-state index is 0.00585. The lowest BCUT2D eigenvalue weighted by Crippen LogP contribution is -2.29. The lowest BCUT2D eigenvalue weighted by molar-refractivity contribution is -0.127. The maximum Gasteiger partial charge on any atom is 0.227 e. The van der Waals surface area contributed by atoms with Crippen molar-refractivity contribution in [2.75, 3.05) is 20.1 Å². The number of nitrogens with zero attached hydrogens (tertiary/aromatic N) is 1. The van der Waals surface area contributed by atoms with Gasteiger partial charge in [0.15, 0.2) is 0 Å². The van der Waals surface area contributed by atoms with Gasteiger partial charge in [0.05, 0.1) is 6.42 Å². The van der Waals surface area contributed by atoms with Crippen LogP contribution < -0.4 is 5.32 Å². The number of ketones is 1. The van der Waals surface area contributed by atoms with Crippen LogP contribution >= 0.6 is 0 Å². The summed E-state index contributed by atoms with van der Waals surface area (Å²) in [4.78, 5) is 24.0. The Bertz CT molecular complexity index is 227. The van der Waals surface area contributed by atoms with E-state index >= 15 is 0 Å². The summed E-state index contributed by atoms with van der Waals surface area (Å²) in [7, 11) is 2.10. The Morgan fingerprint density at radius 1 is 1.25 bits per heavy atom. The average Bonchev–Trinajstić information content (AvgIpc) is 2.15. The van der Waals surface area contributed by atoms with Gasteiger partial charge in [0.1, 0.15) is 5.78 Å². The molecule has 0 spiro atoms. The molecule has 1 N–H and O–H groups in total. The first-order valence-electron chi connectivity index (χ1n) is 5.90. The number of hydrogen-bond acceptors (Lipinski definition) is 3. The van der Waals surface area contributed by atoms with Crippen molar-refractivity contribution in [1.82, 2.24) is 10.2 Å². The fourth-order valence-corrected chi connectivity index (χ4v) is 1.26. The van der Waals surface area contributed by atoms with Crippen LogP contribution in [-0.4, -0.2) is 42.8 Å². The first kappa shape index (κ1) is 15.1. The van der Waals surface area contributed by atoms with E-state index in [0.29, 0.717) is 12.6 Å². The second-order valence-electron chi connectivity index (χ2n) is 4.51. The number of Topliss-reactive ketones (excluding diaryl/α,β-unsaturated/α-hetero) is 1. The van der Waals surface area contributed by atoms with Crippen LogP contribution in [-0.2, 0) is 9.59 Å². The summed E-state index contributed by atoms with van der Waals surface area (Å²) in [5.41, 5.74) is 0. The summed E-state index contributed by atoms with van der Waals surface area (Å²) in [6.07, 6.45) is 2.03. The molecule has 0 saturated heterocycles. The predicted molar refractivity (Wildman–Crippen MR) is 65.3 cm³/mol. The van der Waals surface area contributed by atoms with Crippen molar-refractivity contribution >= 4 is 11.7 Å². The standard InChI is InChI=1S/C12H24N2O2/c1-10(2)14(4)8-6-5-7-13-12(16)9-11(3)15/h10H,5-9H2,1-4H3,(H,13,16). The molecule has 0 fully saturated rings. The molecule has 4 heteroatoms. The lowest BCUT2D eigenvalue weighted by atomic mass is 10.2. The number of rotatable bonds is 8. The highest BCUT2D eigenvalue weighted by Crippen LogP contribution is 1.97. The highest BCUT2D eigenvalue weighted by atomic mass is 16.2. The van der Waals surface area contributed by atoms with Crippen LogP contribution in [0, 0.1) is 0 Å². The molecule has 94 valence electrons. The summed E-state index contributed by atoms with van der Waals surface area (Å²) in [6, 6.07) is 0.562. The molecule has 4 nitrogen and oxygen atoms in total. The van der Waals surface area contributed by atoms with E-state index < -0.39 is 0 Å². The van der Waals surface area contributed by atoms with Crippen LogP contribution in [0.25, 0.3) is 0 Å². The maximum atomic E-state index is 11.1. The molecule has 0 aromatic rings. The summed E-state index contributed by atoms with van der Waals surface area (Å²) in [5, 5.41) is 2.74. The minimum atomic E-state index is -0.162. The molecule has 0 aliphatic heterocycles. The molecule has 1 amide bonds. The second-order valence-corrected chi connectivity index (χ2v) is 4.51. The predicted octanol–water partition coefficient (Wildman–Crippen LogP) is 1.20. The number of unbranched alkanes of at least 4 members (excludes halogenated alkanes) is 1. The molecule has 0 atom stereocenters. The molecule has 0 aliphatic rings. The fourth-order valence-electron chi connectivity index (χ4n) is 1.26. The first-order valence-corrected chi connectivity index (χ1v) is 5.90. The highest BCUT2D eigenvalue weighted by Gasteiger charge is 2.04. The molecule has 0 aromatic carbocycles. The topological polar surface area (TPSA) is 49.4 Å². The second kappa shape index (κ2) is 8.28. The number of carbonyl (C=O) groups is 2. The smallest absolute Gasteiger partial charge is 0.227 e. The van der Waals surface area contributed by atoms with Gasteiger partial charge in [-0.1, -0.05) is 0 Å². The van der Waals surface area contributed by atoms with Gasteiger partial charge >= 0.3 is 0 Å². The Labute approximate surface area is 98.4 Å². The van der Waals surface area contributed by atoms with Gasteiger partial charge in [-0.2, -0.15) is 0 Å². The Morgan fingerprint density at radius 3 is 2.38 bits per heavy atom. The first-order chi connectivity index (χ1) is 7.43. The lowest BCUT2D eigenvalue weighted by Gasteiger charge is -2.20. The van der Waals surface area contributed by atoms with Crippen molar-refractivity contribution in [2.24, 2.45) is 0 Å². The number of amides is 1. The molecule has 0 aromatic heterocycles. The van der Waals surface area contributed by atoms with Crippen molar-refractivity contribution in [3.05, 3.63) is 0 Å². The average molecular weight is 228 g/mol. The Balaban J connectivity index is 3.40. The fraction of sp³-hybridized carbons (Fsp3) is 0.833. The third kappa shape index (κ3) is 8.41. The van der Waals surface area contributed by atoms with Gasteiger partial charge in [-0.05, 0) is 47.2 Å². The molecule has 16 heavy (non-hydrogen) atoms. The molecule has 0 saturated carbocycles. The maximum absolute atomic E-state index is 11.1. The van der Waals surface area contributed by atoms with E-state index in [-0.39, 0.29) is 18.1 Å². The molecule has 0 heterocycles. The summed E-state index contributed by atoms with van der Waals surface area (Å²) < 4.78 is 0. The molecule has 0 rings (SSSR count). The molecular weight excluding hydrogens is 204 g/mol. The van der Waals surface area contributed by atoms with Gasteiger partial charge in [0.25, 0.3) is 0 Å². The third-order valence-corrected chi connectivity index (χ3v) is 2.55. The SMILES string of the molecule is CC(=O)CC(=O)NCCCCN(C)C(C)C. The summed E-state index contributed by atoms with van der Waals surface area (Å²) >= 11 is 0. The van der Waals surface area contributed by atoms with Gasteiger partial charge < -0.3 is 10.2 Å². The van der Waals surface area contributed by atoms with Crippen LogP contribution in [0.3, 0.4) is 0 Å². The van der Waals surface area contributed by atoms with E-state index in [0.717, 1.165) is 19.4 Å². The van der Waals surface area contributed by atoms with Gasteiger partial charge in [0.2, 0.25) is 5.91 Å². The van der Waals surface area contributed by atoms with E-state index in [1.54, 1.807) is 0 Å². The summed E-state index contributed by atoms with van der Waals surface area (Å²) in [5.74, 6) is -0.248. The van der Waals surface area contributed by atoms with E-state index in [2.05, 4.69) is 31.1 Å². The van der Waals surface area contributed by atoms with Crippen molar-refractivity contribution in [3.8, 4) is 0 Å². The Kier molecular flexibility index (Phi) is 7.81. The van der Waals surface area contributed by atoms with Crippen LogP contribution in [0.5, 0.6) is 0 Å². The molecule has 0 radical (unpaired) electrons.